The van der Waals surface area contributed by atoms with E-state index in [1.165, 1.54) is 6.08 Å². The first-order valence-corrected chi connectivity index (χ1v) is 7.70. The van der Waals surface area contributed by atoms with E-state index in [0.717, 1.165) is 22.0 Å². The number of carbonyl (C=O) groups excluding carboxylic acids is 1. The number of nitrogens with two attached hydrogens (primary N) is 1. The Morgan fingerprint density at radius 3 is 2.58 bits per heavy atom. The average molecular weight is 336 g/mol. The van der Waals surface area contributed by atoms with Crippen LogP contribution in [0.5, 0.6) is 0 Å². The maximum Gasteiger partial charge on any atom is 0.259 e. The molecule has 1 aromatic heterocycles. The summed E-state index contributed by atoms with van der Waals surface area (Å²) < 4.78 is 2.07. The highest BCUT2D eigenvalue weighted by atomic mass is 35.5. The molecular formula is C19H14ClN3O. The number of para-hydroxylation sites is 1. The minimum atomic E-state index is -0.730. The van der Waals surface area contributed by atoms with Crippen LogP contribution < -0.4 is 5.73 Å². The normalized spacial score (nSPS) is 11.4. The van der Waals surface area contributed by atoms with Gasteiger partial charge in [0.05, 0.1) is 0 Å². The van der Waals surface area contributed by atoms with Gasteiger partial charge in [0.1, 0.15) is 11.6 Å². The van der Waals surface area contributed by atoms with Crippen molar-refractivity contribution < 1.29 is 4.79 Å². The van der Waals surface area contributed by atoms with Gasteiger partial charge in [-0.3, -0.25) is 4.79 Å². The second kappa shape index (κ2) is 6.61. The van der Waals surface area contributed by atoms with Gasteiger partial charge < -0.3 is 10.3 Å². The molecule has 0 aliphatic carbocycles. The maximum atomic E-state index is 11.3. The van der Waals surface area contributed by atoms with Crippen LogP contribution in [0.4, 0.5) is 0 Å². The first-order chi connectivity index (χ1) is 11.6. The van der Waals surface area contributed by atoms with Gasteiger partial charge in [0.2, 0.25) is 0 Å². The van der Waals surface area contributed by atoms with Crippen molar-refractivity contribution >= 4 is 34.5 Å². The summed E-state index contributed by atoms with van der Waals surface area (Å²) in [6.45, 7) is 0.657. The molecule has 0 saturated carbocycles. The number of nitrogens with zero attached hydrogens (tertiary/aromatic N) is 2. The van der Waals surface area contributed by atoms with Crippen LogP contribution in [0, 0.1) is 11.3 Å². The van der Waals surface area contributed by atoms with Gasteiger partial charge in [-0.15, -0.1) is 0 Å². The van der Waals surface area contributed by atoms with E-state index in [2.05, 4.69) is 4.57 Å². The summed E-state index contributed by atoms with van der Waals surface area (Å²) in [6, 6.07) is 17.3. The zero-order chi connectivity index (χ0) is 17.1. The van der Waals surface area contributed by atoms with Crippen LogP contribution in [-0.4, -0.2) is 10.5 Å². The van der Waals surface area contributed by atoms with Crippen LogP contribution in [0.2, 0.25) is 5.02 Å². The summed E-state index contributed by atoms with van der Waals surface area (Å²) in [5, 5.41) is 10.7. The molecule has 3 aromatic rings. The number of rotatable bonds is 4. The monoisotopic (exact) mass is 335 g/mol. The number of amides is 1. The molecule has 0 saturated heterocycles. The number of benzene rings is 2. The lowest BCUT2D eigenvalue weighted by atomic mass is 10.1. The number of fused-ring (bicyclic) bond motifs is 1. The van der Waals surface area contributed by atoms with E-state index < -0.39 is 5.91 Å². The van der Waals surface area contributed by atoms with E-state index in [1.807, 2.05) is 60.8 Å². The van der Waals surface area contributed by atoms with Crippen molar-refractivity contribution in [2.75, 3.05) is 0 Å². The zero-order valence-electron chi connectivity index (χ0n) is 12.7. The smallest absolute Gasteiger partial charge is 0.259 e. The van der Waals surface area contributed by atoms with Crippen LogP contribution >= 0.6 is 11.6 Å². The van der Waals surface area contributed by atoms with Crippen molar-refractivity contribution in [3.8, 4) is 6.07 Å². The highest BCUT2D eigenvalue weighted by Crippen LogP contribution is 2.24. The Morgan fingerprint density at radius 2 is 1.92 bits per heavy atom. The van der Waals surface area contributed by atoms with Crippen molar-refractivity contribution in [2.45, 2.75) is 6.54 Å². The largest absolute Gasteiger partial charge is 0.365 e. The van der Waals surface area contributed by atoms with Gasteiger partial charge in [0.25, 0.3) is 5.91 Å². The number of carbonyl (C=O) groups is 1. The lowest BCUT2D eigenvalue weighted by Crippen LogP contribution is -2.12. The molecule has 24 heavy (non-hydrogen) atoms. The molecule has 1 heterocycles. The summed E-state index contributed by atoms with van der Waals surface area (Å²) >= 11 is 5.93. The number of hydrogen-bond donors (Lipinski definition) is 1. The van der Waals surface area contributed by atoms with Gasteiger partial charge in [0.15, 0.2) is 0 Å². The van der Waals surface area contributed by atoms with Gasteiger partial charge in [-0.05, 0) is 29.8 Å². The SMILES string of the molecule is N#CC(=Cc1cn(Cc2ccc(Cl)cc2)c2ccccc12)C(N)=O. The fourth-order valence-corrected chi connectivity index (χ4v) is 2.75. The minimum Gasteiger partial charge on any atom is -0.365 e. The van der Waals surface area contributed by atoms with E-state index in [-0.39, 0.29) is 5.57 Å². The highest BCUT2D eigenvalue weighted by molar-refractivity contribution is 6.30. The quantitative estimate of drug-likeness (QED) is 0.582. The van der Waals surface area contributed by atoms with Gasteiger partial charge in [-0.25, -0.2) is 0 Å². The van der Waals surface area contributed by atoms with Crippen LogP contribution in [0.3, 0.4) is 0 Å². The molecule has 0 aliphatic heterocycles. The summed E-state index contributed by atoms with van der Waals surface area (Å²) in [4.78, 5) is 11.3. The molecule has 1 amide bonds. The molecule has 0 fully saturated rings. The van der Waals surface area contributed by atoms with Crippen molar-refractivity contribution in [1.29, 1.82) is 5.26 Å². The molecule has 0 aliphatic rings. The lowest BCUT2D eigenvalue weighted by Gasteiger charge is -2.05. The molecule has 2 N–H and O–H groups in total. The summed E-state index contributed by atoms with van der Waals surface area (Å²) in [5.41, 5.74) is 8.07. The van der Waals surface area contributed by atoms with E-state index in [0.29, 0.717) is 11.6 Å². The van der Waals surface area contributed by atoms with Gasteiger partial charge in [0, 0.05) is 34.2 Å². The Kier molecular flexibility index (Phi) is 4.37. The first-order valence-electron chi connectivity index (χ1n) is 7.32. The molecule has 118 valence electrons. The molecule has 5 heteroatoms. The molecule has 2 aromatic carbocycles. The Labute approximate surface area is 144 Å². The Bertz CT molecular complexity index is 978. The van der Waals surface area contributed by atoms with Crippen molar-refractivity contribution in [3.05, 3.63) is 76.5 Å². The van der Waals surface area contributed by atoms with E-state index in [1.54, 1.807) is 0 Å². The Balaban J connectivity index is 2.08. The van der Waals surface area contributed by atoms with Crippen LogP contribution in [-0.2, 0) is 11.3 Å². The van der Waals surface area contributed by atoms with E-state index in [9.17, 15) is 4.79 Å². The van der Waals surface area contributed by atoms with Crippen LogP contribution in [0.15, 0.2) is 60.3 Å². The average Bonchev–Trinajstić information content (AvgIpc) is 2.92. The summed E-state index contributed by atoms with van der Waals surface area (Å²) in [7, 11) is 0. The number of aromatic nitrogens is 1. The zero-order valence-corrected chi connectivity index (χ0v) is 13.5. The molecule has 3 rings (SSSR count). The van der Waals surface area contributed by atoms with E-state index in [4.69, 9.17) is 22.6 Å². The highest BCUT2D eigenvalue weighted by Gasteiger charge is 2.10. The molecule has 0 radical (unpaired) electrons. The van der Waals surface area contributed by atoms with Gasteiger partial charge in [-0.1, -0.05) is 41.9 Å². The second-order valence-corrected chi connectivity index (χ2v) is 5.83. The third kappa shape index (κ3) is 3.17. The predicted molar refractivity (Wildman–Crippen MR) is 95.3 cm³/mol. The van der Waals surface area contributed by atoms with Gasteiger partial charge in [-0.2, -0.15) is 5.26 Å². The number of hydrogen-bond acceptors (Lipinski definition) is 2. The fourth-order valence-electron chi connectivity index (χ4n) is 2.62. The lowest BCUT2D eigenvalue weighted by molar-refractivity contribution is -0.114. The molecule has 0 bridgehead atoms. The van der Waals surface area contributed by atoms with Crippen molar-refractivity contribution in [2.24, 2.45) is 5.73 Å². The molecule has 0 spiro atoms. The minimum absolute atomic E-state index is 0.0654. The molecule has 0 atom stereocenters. The van der Waals surface area contributed by atoms with Crippen molar-refractivity contribution in [1.82, 2.24) is 4.57 Å². The number of halogens is 1. The molecule has 4 nitrogen and oxygen atoms in total. The fraction of sp³-hybridized carbons (Fsp3) is 0.0526. The topological polar surface area (TPSA) is 71.8 Å². The third-order valence-corrected chi connectivity index (χ3v) is 4.02. The van der Waals surface area contributed by atoms with E-state index >= 15 is 0 Å². The van der Waals surface area contributed by atoms with Crippen molar-refractivity contribution in [3.63, 3.8) is 0 Å². The summed E-state index contributed by atoms with van der Waals surface area (Å²) in [5.74, 6) is -0.730. The van der Waals surface area contributed by atoms with Gasteiger partial charge >= 0.3 is 0 Å². The Morgan fingerprint density at radius 1 is 1.21 bits per heavy atom. The standard InChI is InChI=1S/C19H14ClN3O/c20-16-7-5-13(6-8-16)11-23-12-15(9-14(10-21)19(22)24)17-3-1-2-4-18(17)23/h1-9,12H,11H2,(H2,22,24). The third-order valence-electron chi connectivity index (χ3n) is 3.77. The molecular weight excluding hydrogens is 322 g/mol. The number of primary amides is 1. The second-order valence-electron chi connectivity index (χ2n) is 5.39. The maximum absolute atomic E-state index is 11.3. The number of nitriles is 1. The predicted octanol–water partition coefficient (Wildman–Crippen LogP) is 3.74. The van der Waals surface area contributed by atoms with Crippen LogP contribution in [0.1, 0.15) is 11.1 Å². The Hall–Kier alpha value is -3.03. The van der Waals surface area contributed by atoms with Crippen LogP contribution in [0.25, 0.3) is 17.0 Å². The first kappa shape index (κ1) is 15.9. The summed E-state index contributed by atoms with van der Waals surface area (Å²) in [6.07, 6.45) is 3.45. The molecule has 0 unspecified atom stereocenters.